The molecular formula is C14H12N2O4. The molecule has 0 radical (unpaired) electrons. The van der Waals surface area contributed by atoms with E-state index in [0.717, 1.165) is 0 Å². The number of ether oxygens (including phenoxy) is 1. The molecule has 0 atom stereocenters. The van der Waals surface area contributed by atoms with Crippen molar-refractivity contribution in [2.45, 2.75) is 6.92 Å². The van der Waals surface area contributed by atoms with Crippen molar-refractivity contribution in [1.82, 2.24) is 9.97 Å². The van der Waals surface area contributed by atoms with E-state index in [9.17, 15) is 14.7 Å². The maximum atomic E-state index is 12.0. The van der Waals surface area contributed by atoms with Crippen molar-refractivity contribution in [3.63, 3.8) is 0 Å². The first-order valence-electron chi connectivity index (χ1n) is 5.94. The number of carbonyl (C=O) groups is 2. The number of hydrogen-bond acceptors (Lipinski definition) is 5. The summed E-state index contributed by atoms with van der Waals surface area (Å²) in [5.41, 5.74) is 0.902. The van der Waals surface area contributed by atoms with Crippen molar-refractivity contribution in [3.05, 3.63) is 48.0 Å². The number of nitrogens with zero attached hydrogens (tertiary/aromatic N) is 2. The Kier molecular flexibility index (Phi) is 4.05. The van der Waals surface area contributed by atoms with Crippen LogP contribution in [0.15, 0.2) is 36.9 Å². The lowest BCUT2D eigenvalue weighted by Crippen LogP contribution is -2.10. The summed E-state index contributed by atoms with van der Waals surface area (Å²) in [5.74, 6) is -1.70. The zero-order valence-electron chi connectivity index (χ0n) is 10.7. The van der Waals surface area contributed by atoms with E-state index in [1.807, 2.05) is 0 Å². The zero-order valence-corrected chi connectivity index (χ0v) is 10.7. The van der Waals surface area contributed by atoms with E-state index in [2.05, 4.69) is 9.97 Å². The molecule has 0 fully saturated rings. The van der Waals surface area contributed by atoms with Crippen LogP contribution in [0.4, 0.5) is 0 Å². The van der Waals surface area contributed by atoms with Crippen LogP contribution in [0.2, 0.25) is 0 Å². The molecule has 0 saturated carbocycles. The van der Waals surface area contributed by atoms with E-state index in [1.165, 1.54) is 36.9 Å². The number of esters is 1. The Morgan fingerprint density at radius 2 is 1.85 bits per heavy atom. The summed E-state index contributed by atoms with van der Waals surface area (Å²) in [6.07, 6.45) is 4.24. The van der Waals surface area contributed by atoms with Gasteiger partial charge in [0.2, 0.25) is 0 Å². The molecule has 0 saturated heterocycles. The summed E-state index contributed by atoms with van der Waals surface area (Å²) in [5, 5.41) is 9.27. The summed E-state index contributed by atoms with van der Waals surface area (Å²) in [6, 6.07) is 4.45. The van der Waals surface area contributed by atoms with Crippen molar-refractivity contribution in [2.24, 2.45) is 0 Å². The minimum absolute atomic E-state index is 0.00496. The summed E-state index contributed by atoms with van der Waals surface area (Å²) in [7, 11) is 0. The van der Waals surface area contributed by atoms with Gasteiger partial charge in [0, 0.05) is 23.5 Å². The second-order valence-electron chi connectivity index (χ2n) is 3.88. The van der Waals surface area contributed by atoms with Crippen LogP contribution in [0.3, 0.4) is 0 Å². The fourth-order valence-corrected chi connectivity index (χ4v) is 1.85. The number of rotatable bonds is 4. The molecule has 0 aliphatic heterocycles. The summed E-state index contributed by atoms with van der Waals surface area (Å²) < 4.78 is 4.95. The summed E-state index contributed by atoms with van der Waals surface area (Å²) in [6.45, 7) is 1.89. The predicted molar refractivity (Wildman–Crippen MR) is 70.4 cm³/mol. The average Bonchev–Trinajstić information content (AvgIpc) is 2.47. The van der Waals surface area contributed by atoms with Crippen molar-refractivity contribution >= 4 is 11.9 Å². The van der Waals surface area contributed by atoms with Crippen molar-refractivity contribution in [1.29, 1.82) is 0 Å². The third-order valence-electron chi connectivity index (χ3n) is 2.64. The highest BCUT2D eigenvalue weighted by atomic mass is 16.5. The van der Waals surface area contributed by atoms with Gasteiger partial charge in [-0.15, -0.1) is 0 Å². The van der Waals surface area contributed by atoms with Crippen LogP contribution < -0.4 is 0 Å². The Morgan fingerprint density at radius 1 is 1.20 bits per heavy atom. The third-order valence-corrected chi connectivity index (χ3v) is 2.64. The minimum Gasteiger partial charge on any atom is -0.478 e. The van der Waals surface area contributed by atoms with E-state index in [1.54, 1.807) is 6.92 Å². The van der Waals surface area contributed by atoms with Gasteiger partial charge in [-0.2, -0.15) is 0 Å². The van der Waals surface area contributed by atoms with Crippen LogP contribution in [-0.4, -0.2) is 33.6 Å². The number of benzene rings is 1. The number of carbonyl (C=O) groups excluding carboxylic acids is 1. The molecule has 0 unspecified atom stereocenters. The van der Waals surface area contributed by atoms with Gasteiger partial charge < -0.3 is 9.84 Å². The van der Waals surface area contributed by atoms with Gasteiger partial charge in [0.05, 0.1) is 17.7 Å². The number of hydrogen-bond donors (Lipinski definition) is 1. The quantitative estimate of drug-likeness (QED) is 0.856. The van der Waals surface area contributed by atoms with Crippen LogP contribution in [0.25, 0.3) is 11.1 Å². The largest absolute Gasteiger partial charge is 0.478 e. The highest BCUT2D eigenvalue weighted by Crippen LogP contribution is 2.27. The van der Waals surface area contributed by atoms with Gasteiger partial charge in [0.25, 0.3) is 0 Å². The fourth-order valence-electron chi connectivity index (χ4n) is 1.85. The van der Waals surface area contributed by atoms with Gasteiger partial charge in [-0.25, -0.2) is 19.6 Å². The molecule has 0 spiro atoms. The zero-order chi connectivity index (χ0) is 14.5. The maximum Gasteiger partial charge on any atom is 0.338 e. The average molecular weight is 272 g/mol. The van der Waals surface area contributed by atoms with Gasteiger partial charge >= 0.3 is 11.9 Å². The molecule has 20 heavy (non-hydrogen) atoms. The summed E-state index contributed by atoms with van der Waals surface area (Å²) in [4.78, 5) is 31.0. The van der Waals surface area contributed by atoms with E-state index in [4.69, 9.17) is 4.74 Å². The van der Waals surface area contributed by atoms with Crippen LogP contribution in [0, 0.1) is 0 Å². The Hall–Kier alpha value is -2.76. The Morgan fingerprint density at radius 3 is 2.45 bits per heavy atom. The molecule has 2 rings (SSSR count). The molecule has 6 nitrogen and oxygen atoms in total. The SMILES string of the molecule is CCOC(=O)c1cccc(C(=O)O)c1-c1cncnc1. The maximum absolute atomic E-state index is 12.0. The second kappa shape index (κ2) is 5.92. The molecular weight excluding hydrogens is 260 g/mol. The first kappa shape index (κ1) is 13.7. The van der Waals surface area contributed by atoms with Gasteiger partial charge in [-0.1, -0.05) is 6.07 Å². The number of carboxylic acid groups (broad SMARTS) is 1. The lowest BCUT2D eigenvalue weighted by molar-refractivity contribution is 0.0527. The van der Waals surface area contributed by atoms with E-state index >= 15 is 0 Å². The lowest BCUT2D eigenvalue weighted by Gasteiger charge is -2.11. The number of aromatic carboxylic acids is 1. The van der Waals surface area contributed by atoms with Crippen molar-refractivity contribution in [2.75, 3.05) is 6.61 Å². The molecule has 0 aliphatic rings. The predicted octanol–water partition coefficient (Wildman–Crippen LogP) is 2.02. The summed E-state index contributed by atoms with van der Waals surface area (Å²) >= 11 is 0. The highest BCUT2D eigenvalue weighted by Gasteiger charge is 2.21. The van der Waals surface area contributed by atoms with Crippen molar-refractivity contribution < 1.29 is 19.4 Å². The first-order valence-corrected chi connectivity index (χ1v) is 5.94. The van der Waals surface area contributed by atoms with E-state index < -0.39 is 11.9 Å². The fraction of sp³-hybridized carbons (Fsp3) is 0.143. The van der Waals surface area contributed by atoms with Gasteiger partial charge in [-0.05, 0) is 19.1 Å². The Bertz CT molecular complexity index is 641. The Balaban J connectivity index is 2.67. The molecule has 0 amide bonds. The standard InChI is InChI=1S/C14H12N2O4/c1-2-20-14(19)11-5-3-4-10(13(17)18)12(11)9-6-15-8-16-7-9/h3-8H,2H2,1H3,(H,17,18). The molecule has 6 heteroatoms. The number of aromatic nitrogens is 2. The molecule has 1 heterocycles. The molecule has 2 aromatic rings. The molecule has 102 valence electrons. The van der Waals surface area contributed by atoms with Crippen LogP contribution >= 0.6 is 0 Å². The minimum atomic E-state index is -1.13. The van der Waals surface area contributed by atoms with Gasteiger partial charge in [-0.3, -0.25) is 0 Å². The van der Waals surface area contributed by atoms with Crippen molar-refractivity contribution in [3.8, 4) is 11.1 Å². The smallest absolute Gasteiger partial charge is 0.338 e. The van der Waals surface area contributed by atoms with E-state index in [0.29, 0.717) is 5.56 Å². The first-order chi connectivity index (χ1) is 9.65. The second-order valence-corrected chi connectivity index (χ2v) is 3.88. The molecule has 0 aliphatic carbocycles. The number of carboxylic acids is 1. The molecule has 1 aromatic carbocycles. The van der Waals surface area contributed by atoms with Crippen LogP contribution in [0.1, 0.15) is 27.6 Å². The lowest BCUT2D eigenvalue weighted by atomic mass is 9.96. The molecule has 1 aromatic heterocycles. The normalized spacial score (nSPS) is 10.1. The van der Waals surface area contributed by atoms with Gasteiger partial charge in [0.1, 0.15) is 6.33 Å². The monoisotopic (exact) mass is 272 g/mol. The third kappa shape index (κ3) is 2.64. The van der Waals surface area contributed by atoms with Crippen LogP contribution in [0.5, 0.6) is 0 Å². The Labute approximate surface area is 115 Å². The highest BCUT2D eigenvalue weighted by molar-refractivity contribution is 6.05. The topological polar surface area (TPSA) is 89.4 Å². The van der Waals surface area contributed by atoms with Crippen LogP contribution in [-0.2, 0) is 4.74 Å². The molecule has 1 N–H and O–H groups in total. The van der Waals surface area contributed by atoms with Gasteiger partial charge in [0.15, 0.2) is 0 Å². The molecule has 0 bridgehead atoms. The van der Waals surface area contributed by atoms with E-state index in [-0.39, 0.29) is 23.3 Å².